The van der Waals surface area contributed by atoms with Gasteiger partial charge in [-0.25, -0.2) is 4.79 Å². The molecule has 0 bridgehead atoms. The lowest BCUT2D eigenvalue weighted by atomic mass is 9.98. The van der Waals surface area contributed by atoms with E-state index in [1.54, 1.807) is 0 Å². The normalized spacial score (nSPS) is 25.0. The Morgan fingerprint density at radius 2 is 2.12 bits per heavy atom. The van der Waals surface area contributed by atoms with Crippen molar-refractivity contribution >= 4 is 34.3 Å². The lowest BCUT2D eigenvalue weighted by molar-refractivity contribution is -0.133. The molecule has 0 aromatic carbocycles. The second-order valence-corrected chi connectivity index (χ2v) is 7.62. The van der Waals surface area contributed by atoms with Crippen molar-refractivity contribution in [3.63, 3.8) is 0 Å². The van der Waals surface area contributed by atoms with E-state index in [9.17, 15) is 14.4 Å². The van der Waals surface area contributed by atoms with Crippen LogP contribution in [-0.4, -0.2) is 51.6 Å². The van der Waals surface area contributed by atoms with Crippen molar-refractivity contribution in [2.24, 2.45) is 0 Å². The standard InChI is InChI=1S/C15H19N5O4S/c21-10(16-13-19-18-11(25-13)9-4-3-7-24-9)8-20-12(22)15(17-14(20)23)5-1-2-6-15/h9H,1-8H2,(H,17,23)(H,16,19,21). The van der Waals surface area contributed by atoms with E-state index in [1.807, 2.05) is 0 Å². The molecule has 3 fully saturated rings. The lowest BCUT2D eigenvalue weighted by Crippen LogP contribution is -2.44. The van der Waals surface area contributed by atoms with Crippen LogP contribution in [0.3, 0.4) is 0 Å². The number of hydrogen-bond acceptors (Lipinski definition) is 7. The van der Waals surface area contributed by atoms with Crippen LogP contribution in [0.1, 0.15) is 49.6 Å². The van der Waals surface area contributed by atoms with E-state index in [1.165, 1.54) is 11.3 Å². The number of carbonyl (C=O) groups excluding carboxylic acids is 3. The SMILES string of the molecule is O=C(CN1C(=O)NC2(CCCC2)C1=O)Nc1nnc(C2CCCO2)s1. The van der Waals surface area contributed by atoms with E-state index < -0.39 is 17.5 Å². The first kappa shape index (κ1) is 16.4. The highest BCUT2D eigenvalue weighted by atomic mass is 32.1. The number of nitrogens with one attached hydrogen (secondary N) is 2. The summed E-state index contributed by atoms with van der Waals surface area (Å²) in [5.41, 5.74) is -0.799. The average Bonchev–Trinajstić information content (AvgIpc) is 3.34. The monoisotopic (exact) mass is 365 g/mol. The first-order valence-corrected chi connectivity index (χ1v) is 9.28. The van der Waals surface area contributed by atoms with Gasteiger partial charge in [0.1, 0.15) is 23.2 Å². The number of rotatable bonds is 4. The Balaban J connectivity index is 1.37. The van der Waals surface area contributed by atoms with E-state index in [-0.39, 0.29) is 18.6 Å². The minimum Gasteiger partial charge on any atom is -0.371 e. The molecule has 4 amide bonds. The molecule has 1 aromatic rings. The van der Waals surface area contributed by atoms with E-state index in [0.29, 0.717) is 24.6 Å². The van der Waals surface area contributed by atoms with Crippen LogP contribution in [0.4, 0.5) is 9.93 Å². The maximum Gasteiger partial charge on any atom is 0.325 e. The highest BCUT2D eigenvalue weighted by molar-refractivity contribution is 7.15. The molecule has 3 heterocycles. The molecule has 10 heteroatoms. The number of ether oxygens (including phenoxy) is 1. The van der Waals surface area contributed by atoms with Gasteiger partial charge in [0, 0.05) is 6.61 Å². The van der Waals surface area contributed by atoms with Crippen molar-refractivity contribution in [2.75, 3.05) is 18.5 Å². The molecule has 1 saturated carbocycles. The summed E-state index contributed by atoms with van der Waals surface area (Å²) in [6.07, 6.45) is 4.91. The fourth-order valence-corrected chi connectivity index (χ4v) is 4.47. The van der Waals surface area contributed by atoms with Crippen LogP contribution in [0.25, 0.3) is 0 Å². The minimum atomic E-state index is -0.799. The molecule has 1 atom stereocenters. The second kappa shape index (κ2) is 6.34. The Hall–Kier alpha value is -2.07. The molecular weight excluding hydrogens is 346 g/mol. The van der Waals surface area contributed by atoms with Crippen LogP contribution in [0, 0.1) is 0 Å². The number of anilines is 1. The number of carbonyl (C=O) groups is 3. The molecule has 25 heavy (non-hydrogen) atoms. The summed E-state index contributed by atoms with van der Waals surface area (Å²) in [7, 11) is 0. The van der Waals surface area contributed by atoms with E-state index in [4.69, 9.17) is 4.74 Å². The number of urea groups is 1. The van der Waals surface area contributed by atoms with Gasteiger partial charge in [0.2, 0.25) is 11.0 Å². The Bertz CT molecular complexity index is 709. The average molecular weight is 365 g/mol. The van der Waals surface area contributed by atoms with Gasteiger partial charge in [-0.15, -0.1) is 10.2 Å². The van der Waals surface area contributed by atoms with Crippen molar-refractivity contribution in [1.29, 1.82) is 0 Å². The smallest absolute Gasteiger partial charge is 0.325 e. The Labute approximate surface area is 148 Å². The van der Waals surface area contributed by atoms with Crippen LogP contribution in [0.2, 0.25) is 0 Å². The fraction of sp³-hybridized carbons (Fsp3) is 0.667. The predicted molar refractivity (Wildman–Crippen MR) is 87.9 cm³/mol. The molecule has 9 nitrogen and oxygen atoms in total. The van der Waals surface area contributed by atoms with Gasteiger partial charge >= 0.3 is 6.03 Å². The number of imide groups is 1. The second-order valence-electron chi connectivity index (χ2n) is 6.61. The summed E-state index contributed by atoms with van der Waals surface area (Å²) < 4.78 is 5.54. The summed E-state index contributed by atoms with van der Waals surface area (Å²) >= 11 is 1.25. The lowest BCUT2D eigenvalue weighted by Gasteiger charge is -2.19. The van der Waals surface area contributed by atoms with Gasteiger partial charge in [-0.3, -0.25) is 19.8 Å². The quantitative estimate of drug-likeness (QED) is 0.775. The van der Waals surface area contributed by atoms with Gasteiger partial charge in [0.05, 0.1) is 0 Å². The number of amides is 4. The Morgan fingerprint density at radius 1 is 1.32 bits per heavy atom. The van der Waals surface area contributed by atoms with Gasteiger partial charge in [-0.1, -0.05) is 24.2 Å². The number of aromatic nitrogens is 2. The summed E-state index contributed by atoms with van der Waals surface area (Å²) in [6.45, 7) is 0.390. The van der Waals surface area contributed by atoms with Gasteiger partial charge in [-0.2, -0.15) is 0 Å². The molecule has 1 unspecified atom stereocenters. The van der Waals surface area contributed by atoms with E-state index in [2.05, 4.69) is 20.8 Å². The Kier molecular flexibility index (Phi) is 4.16. The first-order valence-electron chi connectivity index (χ1n) is 8.46. The molecule has 2 N–H and O–H groups in total. The van der Waals surface area contributed by atoms with Crippen LogP contribution in [0.15, 0.2) is 0 Å². The van der Waals surface area contributed by atoms with Crippen molar-refractivity contribution in [3.8, 4) is 0 Å². The van der Waals surface area contributed by atoms with Crippen molar-refractivity contribution in [2.45, 2.75) is 50.2 Å². The molecule has 1 aliphatic carbocycles. The number of hydrogen-bond donors (Lipinski definition) is 2. The molecule has 0 radical (unpaired) electrons. The van der Waals surface area contributed by atoms with Crippen LogP contribution >= 0.6 is 11.3 Å². The minimum absolute atomic E-state index is 0.0590. The van der Waals surface area contributed by atoms with Crippen LogP contribution in [0.5, 0.6) is 0 Å². The molecule has 1 aromatic heterocycles. The third-order valence-corrected chi connectivity index (χ3v) is 5.83. The zero-order chi connectivity index (χ0) is 17.4. The van der Waals surface area contributed by atoms with Gasteiger partial charge in [0.25, 0.3) is 5.91 Å². The van der Waals surface area contributed by atoms with Crippen molar-refractivity contribution in [1.82, 2.24) is 20.4 Å². The third-order valence-electron chi connectivity index (χ3n) is 4.90. The van der Waals surface area contributed by atoms with Crippen LogP contribution in [-0.2, 0) is 14.3 Å². The summed E-state index contributed by atoms with van der Waals surface area (Å²) in [5, 5.41) is 14.4. The maximum absolute atomic E-state index is 12.5. The zero-order valence-electron chi connectivity index (χ0n) is 13.6. The topological polar surface area (TPSA) is 114 Å². The zero-order valence-corrected chi connectivity index (χ0v) is 14.4. The molecule has 134 valence electrons. The molecule has 4 rings (SSSR count). The summed E-state index contributed by atoms with van der Waals surface area (Å²) in [6, 6.07) is -0.501. The molecule has 2 aliphatic heterocycles. The largest absolute Gasteiger partial charge is 0.371 e. The summed E-state index contributed by atoms with van der Waals surface area (Å²) in [4.78, 5) is 37.8. The highest BCUT2D eigenvalue weighted by Crippen LogP contribution is 2.35. The van der Waals surface area contributed by atoms with Crippen molar-refractivity contribution < 1.29 is 19.1 Å². The first-order chi connectivity index (χ1) is 12.1. The number of nitrogens with zero attached hydrogens (tertiary/aromatic N) is 3. The summed E-state index contributed by atoms with van der Waals surface area (Å²) in [5.74, 6) is -0.768. The predicted octanol–water partition coefficient (Wildman–Crippen LogP) is 1.19. The molecule has 1 spiro atoms. The maximum atomic E-state index is 12.5. The van der Waals surface area contributed by atoms with E-state index in [0.717, 1.165) is 35.6 Å². The molecule has 2 saturated heterocycles. The molecule has 3 aliphatic rings. The van der Waals surface area contributed by atoms with Gasteiger partial charge in [-0.05, 0) is 25.7 Å². The molecular formula is C15H19N5O4S. The van der Waals surface area contributed by atoms with Gasteiger partial charge < -0.3 is 10.1 Å². The van der Waals surface area contributed by atoms with Crippen LogP contribution < -0.4 is 10.6 Å². The fourth-order valence-electron chi connectivity index (χ4n) is 3.63. The highest BCUT2D eigenvalue weighted by Gasteiger charge is 2.52. The van der Waals surface area contributed by atoms with E-state index >= 15 is 0 Å². The third kappa shape index (κ3) is 2.99. The van der Waals surface area contributed by atoms with Gasteiger partial charge in [0.15, 0.2) is 0 Å². The Morgan fingerprint density at radius 3 is 2.84 bits per heavy atom. The van der Waals surface area contributed by atoms with Crippen molar-refractivity contribution in [3.05, 3.63) is 5.01 Å².